The molecule has 12 heteroatoms. The minimum atomic E-state index is -3.89. The van der Waals surface area contributed by atoms with Crippen molar-refractivity contribution < 1.29 is 32.4 Å². The Hall–Kier alpha value is -1.45. The zero-order valence-electron chi connectivity index (χ0n) is 26.4. The van der Waals surface area contributed by atoms with Crippen molar-refractivity contribution in [1.29, 1.82) is 0 Å². The number of ether oxygens (including phenoxy) is 2. The summed E-state index contributed by atoms with van der Waals surface area (Å²) in [5, 5.41) is 3.67. The average Bonchev–Trinajstić information content (AvgIpc) is 2.98. The fourth-order valence-electron chi connectivity index (χ4n) is 4.28. The van der Waals surface area contributed by atoms with Gasteiger partial charge < -0.3 is 15.2 Å². The van der Waals surface area contributed by atoms with E-state index in [1.165, 1.54) is 70.3 Å². The van der Waals surface area contributed by atoms with Crippen molar-refractivity contribution in [1.82, 2.24) is 0 Å². The topological polar surface area (TPSA) is 155 Å². The van der Waals surface area contributed by atoms with Gasteiger partial charge >= 0.3 is 13.8 Å². The van der Waals surface area contributed by atoms with Crippen LogP contribution in [0.3, 0.4) is 0 Å². The van der Waals surface area contributed by atoms with E-state index in [0.29, 0.717) is 19.4 Å². The largest absolute Gasteiger partial charge is 0.475 e. The molecule has 0 saturated carbocycles. The number of phosphoric ester groups is 1. The fraction of sp³-hybridized carbons (Fsp3) is 0.900. The summed E-state index contributed by atoms with van der Waals surface area (Å²) in [6.45, 7) is 8.14. The van der Waals surface area contributed by atoms with E-state index < -0.39 is 13.9 Å². The van der Waals surface area contributed by atoms with Crippen molar-refractivity contribution in [2.24, 2.45) is 10.8 Å². The lowest BCUT2D eigenvalue weighted by Gasteiger charge is -2.20. The lowest BCUT2D eigenvalue weighted by Crippen LogP contribution is -2.23. The zero-order chi connectivity index (χ0) is 31.2. The second kappa shape index (κ2) is 29.6. The molecule has 1 unspecified atom stereocenters. The number of azide groups is 1. The number of nitrogens with zero attached hydrogens (tertiary/aromatic N) is 3. The predicted molar refractivity (Wildman–Crippen MR) is 168 cm³/mol. The molecule has 11 nitrogen and oxygen atoms in total. The first kappa shape index (κ1) is 40.5. The maximum atomic E-state index is 12.7. The lowest BCUT2D eigenvalue weighted by atomic mass is 10.1. The molecule has 0 aromatic carbocycles. The molecule has 0 aliphatic heterocycles. The zero-order valence-corrected chi connectivity index (χ0v) is 27.3. The summed E-state index contributed by atoms with van der Waals surface area (Å²) in [7, 11) is -3.89. The fourth-order valence-corrected chi connectivity index (χ4v) is 5.48. The first-order valence-electron chi connectivity index (χ1n) is 16.1. The van der Waals surface area contributed by atoms with Crippen LogP contribution in [0.4, 0.5) is 0 Å². The van der Waals surface area contributed by atoms with E-state index in [-0.39, 0.29) is 45.0 Å². The van der Waals surface area contributed by atoms with Crippen LogP contribution in [0.2, 0.25) is 0 Å². The van der Waals surface area contributed by atoms with E-state index in [4.69, 9.17) is 34.3 Å². The number of esters is 1. The number of nitrogens with two attached hydrogens (primary N) is 1. The Kier molecular flexibility index (Phi) is 28.6. The van der Waals surface area contributed by atoms with Gasteiger partial charge in [-0.3, -0.25) is 18.4 Å². The molecular weight excluding hydrogens is 559 g/mol. The molecule has 0 radical (unpaired) electrons. The van der Waals surface area contributed by atoms with Crippen molar-refractivity contribution in [3.8, 4) is 0 Å². The van der Waals surface area contributed by atoms with E-state index in [2.05, 4.69) is 30.5 Å². The number of hydrogen-bond donors (Lipinski definition) is 1. The Morgan fingerprint density at radius 2 is 1.50 bits per heavy atom. The molecule has 0 aromatic rings. The van der Waals surface area contributed by atoms with Crippen LogP contribution in [0.5, 0.6) is 0 Å². The van der Waals surface area contributed by atoms with Crippen LogP contribution in [-0.2, 0) is 32.4 Å². The van der Waals surface area contributed by atoms with Crippen molar-refractivity contribution in [3.05, 3.63) is 23.1 Å². The van der Waals surface area contributed by atoms with Gasteiger partial charge in [0.25, 0.3) is 0 Å². The Labute approximate surface area is 254 Å². The van der Waals surface area contributed by atoms with Gasteiger partial charge in [-0.25, -0.2) is 4.57 Å². The number of rotatable bonds is 32. The normalized spacial score (nSPS) is 14.1. The number of carbonyl (C=O) groups excluding carboxylic acids is 1. The van der Waals surface area contributed by atoms with Gasteiger partial charge in [-0.05, 0) is 24.8 Å². The highest BCUT2D eigenvalue weighted by molar-refractivity contribution is 7.48. The van der Waals surface area contributed by atoms with Crippen LogP contribution in [0.15, 0.2) is 17.8 Å². The minimum Gasteiger partial charge on any atom is -0.462 e. The quantitative estimate of drug-likeness (QED) is 0.0149. The second-order valence-electron chi connectivity index (χ2n) is 10.6. The number of phosphoric acid groups is 1. The molecule has 0 fully saturated rings. The van der Waals surface area contributed by atoms with Crippen LogP contribution in [-0.4, -0.2) is 57.7 Å². The summed E-state index contributed by atoms with van der Waals surface area (Å²) in [6.07, 6.45) is 19.4. The van der Waals surface area contributed by atoms with Crippen LogP contribution >= 0.6 is 7.82 Å². The van der Waals surface area contributed by atoms with Gasteiger partial charge in [-0.2, -0.15) is 0 Å². The van der Waals surface area contributed by atoms with Crippen LogP contribution in [0.1, 0.15) is 123 Å². The third kappa shape index (κ3) is 25.1. The van der Waals surface area contributed by atoms with Gasteiger partial charge in [0.1, 0.15) is 6.10 Å². The first-order valence-corrected chi connectivity index (χ1v) is 17.6. The van der Waals surface area contributed by atoms with Gasteiger partial charge in [0.15, 0.2) is 0 Å². The molecular formula is C30H59N4O7P. The number of unbranched alkanes of at least 4 members (excludes halogenated alkanes) is 12. The average molecular weight is 619 g/mol. The van der Waals surface area contributed by atoms with E-state index >= 15 is 0 Å². The molecule has 0 aromatic heterocycles. The highest BCUT2D eigenvalue weighted by Gasteiger charge is 2.27. The van der Waals surface area contributed by atoms with Crippen molar-refractivity contribution >= 4 is 13.8 Å². The van der Waals surface area contributed by atoms with Crippen molar-refractivity contribution in [3.63, 3.8) is 0 Å². The Morgan fingerprint density at radius 3 is 2.10 bits per heavy atom. The van der Waals surface area contributed by atoms with E-state index in [0.717, 1.165) is 32.1 Å². The van der Waals surface area contributed by atoms with E-state index in [1.54, 1.807) is 0 Å². The molecule has 2 N–H and O–H groups in total. The summed E-state index contributed by atoms with van der Waals surface area (Å²) in [6, 6.07) is -0.751. The molecule has 42 heavy (non-hydrogen) atoms. The van der Waals surface area contributed by atoms with Crippen molar-refractivity contribution in [2.45, 2.75) is 135 Å². The summed E-state index contributed by atoms with van der Waals surface area (Å²) >= 11 is 0. The maximum absolute atomic E-state index is 12.7. The highest BCUT2D eigenvalue weighted by atomic mass is 31.2. The molecule has 0 aliphatic carbocycles. The van der Waals surface area contributed by atoms with Crippen molar-refractivity contribution in [2.75, 3.05) is 39.6 Å². The van der Waals surface area contributed by atoms with E-state index in [9.17, 15) is 9.36 Å². The minimum absolute atomic E-state index is 0.0191. The number of hydrogen-bond acceptors (Lipinski definition) is 9. The second-order valence-corrected chi connectivity index (χ2v) is 12.2. The molecule has 0 spiro atoms. The van der Waals surface area contributed by atoms with Gasteiger partial charge in [-0.1, -0.05) is 102 Å². The van der Waals surface area contributed by atoms with Gasteiger partial charge in [0.05, 0.1) is 39.1 Å². The Morgan fingerprint density at radius 1 is 0.881 bits per heavy atom. The number of carbonyl (C=O) groups is 1. The Bertz CT molecular complexity index is 753. The van der Waals surface area contributed by atoms with Gasteiger partial charge in [0.2, 0.25) is 0 Å². The Balaban J connectivity index is 4.62. The summed E-state index contributed by atoms with van der Waals surface area (Å²) in [5.41, 5.74) is 14.4. The lowest BCUT2D eigenvalue weighted by molar-refractivity contribution is -0.150. The van der Waals surface area contributed by atoms with Crippen LogP contribution in [0.25, 0.3) is 10.4 Å². The predicted octanol–water partition coefficient (Wildman–Crippen LogP) is 8.57. The molecule has 3 atom stereocenters. The standard InChI is InChI=1S/C30H59N4O7P/c1-4-7-9-11-12-13-14-16-18-20-30(35)41-29(19-17-15-10-8-5-2)21-24-37-26-28(33-34-32)27-40-42(36,38-23-6-3)39-25-22-31/h6,28-29H,3-5,7-27,31H2,1-2H3/t28-,29-,42?/m1/s1. The molecule has 0 rings (SSSR count). The molecule has 0 aliphatic rings. The summed E-state index contributed by atoms with van der Waals surface area (Å²) in [5.74, 6) is -0.149. The van der Waals surface area contributed by atoms with Gasteiger partial charge in [0, 0.05) is 24.3 Å². The third-order valence-electron chi connectivity index (χ3n) is 6.66. The maximum Gasteiger partial charge on any atom is 0.475 e. The molecule has 0 bridgehead atoms. The highest BCUT2D eigenvalue weighted by Crippen LogP contribution is 2.49. The SMILES string of the molecule is C=CCOP(=O)(OCCN)OC[C@@H](COCC[C@@H](CCCCCCC)OC(=O)CCCCCCCCCCC)N=[N+]=[N-]. The monoisotopic (exact) mass is 618 g/mol. The van der Waals surface area contributed by atoms with E-state index in [1.807, 2.05) is 0 Å². The molecule has 0 amide bonds. The smallest absolute Gasteiger partial charge is 0.462 e. The molecule has 246 valence electrons. The van der Waals surface area contributed by atoms with Crippen LogP contribution in [0, 0.1) is 0 Å². The first-order chi connectivity index (χ1) is 20.4. The molecule has 0 heterocycles. The summed E-state index contributed by atoms with van der Waals surface area (Å²) < 4.78 is 39.9. The van der Waals surface area contributed by atoms with Gasteiger partial charge in [-0.15, -0.1) is 6.58 Å². The molecule has 0 saturated heterocycles. The van der Waals surface area contributed by atoms with Crippen LogP contribution < -0.4 is 5.73 Å². The summed E-state index contributed by atoms with van der Waals surface area (Å²) in [4.78, 5) is 15.4. The third-order valence-corrected chi connectivity index (χ3v) is 8.09.